The molecule has 3 N–H and O–H groups in total. The molecule has 0 saturated carbocycles. The molecule has 0 aromatic heterocycles. The maximum atomic E-state index is 12.4. The molecule has 0 aliphatic rings. The van der Waals surface area contributed by atoms with Crippen LogP contribution in [0.3, 0.4) is 0 Å². The zero-order valence-electron chi connectivity index (χ0n) is 16.1. The van der Waals surface area contributed by atoms with Crippen LogP contribution >= 0.6 is 0 Å². The number of amides is 3. The molecule has 1 aromatic carbocycles. The van der Waals surface area contributed by atoms with Crippen LogP contribution in [-0.4, -0.2) is 60.2 Å². The molecule has 0 saturated heterocycles. The summed E-state index contributed by atoms with van der Waals surface area (Å²) in [6.45, 7) is 9.82. The van der Waals surface area contributed by atoms with Gasteiger partial charge < -0.3 is 16.0 Å². The molecule has 0 spiro atoms. The van der Waals surface area contributed by atoms with Gasteiger partial charge in [0.05, 0.1) is 13.1 Å². The van der Waals surface area contributed by atoms with Crippen molar-refractivity contribution in [1.82, 2.24) is 9.80 Å². The van der Waals surface area contributed by atoms with Crippen LogP contribution < -0.4 is 11.1 Å². The number of rotatable bonds is 10. The summed E-state index contributed by atoms with van der Waals surface area (Å²) < 4.78 is 0. The lowest BCUT2D eigenvalue weighted by molar-refractivity contribution is -0.121. The number of nitrogens with one attached hydrogen (secondary N) is 1. The number of carbonyl (C=O) groups is 3. The average molecular weight is 362 g/mol. The van der Waals surface area contributed by atoms with Crippen LogP contribution in [0.25, 0.3) is 0 Å². The highest BCUT2D eigenvalue weighted by Gasteiger charge is 2.16. The van der Waals surface area contributed by atoms with Crippen molar-refractivity contribution in [3.63, 3.8) is 0 Å². The Morgan fingerprint density at radius 1 is 1.12 bits per heavy atom. The van der Waals surface area contributed by atoms with Crippen LogP contribution in [0.4, 0.5) is 5.69 Å². The van der Waals surface area contributed by atoms with Crippen LogP contribution in [0, 0.1) is 5.92 Å². The maximum Gasteiger partial charge on any atom is 0.253 e. The number of carbonyl (C=O) groups excluding carboxylic acids is 3. The summed E-state index contributed by atoms with van der Waals surface area (Å²) in [5, 5.41) is 2.79. The molecule has 0 unspecified atom stereocenters. The quantitative estimate of drug-likeness (QED) is 0.660. The molecule has 0 bridgehead atoms. The summed E-state index contributed by atoms with van der Waals surface area (Å²) in [6, 6.07) is 6.87. The van der Waals surface area contributed by atoms with Crippen molar-refractivity contribution in [3.05, 3.63) is 29.8 Å². The second-order valence-corrected chi connectivity index (χ2v) is 6.64. The standard InChI is InChI=1S/C19H30N4O3/c1-5-23(6-2)19(26)15-8-7-9-16(10-15)21-18(25)13-22(11-14(3)4)12-17(20)24/h7-10,14H,5-6,11-13H2,1-4H3,(H2,20,24)(H,21,25). The van der Waals surface area contributed by atoms with Gasteiger partial charge in [-0.15, -0.1) is 0 Å². The fraction of sp³-hybridized carbons (Fsp3) is 0.526. The molecule has 144 valence electrons. The monoisotopic (exact) mass is 362 g/mol. The molecule has 0 atom stereocenters. The smallest absolute Gasteiger partial charge is 0.253 e. The third-order valence-corrected chi connectivity index (χ3v) is 3.81. The number of hydrogen-bond acceptors (Lipinski definition) is 4. The summed E-state index contributed by atoms with van der Waals surface area (Å²) in [6.07, 6.45) is 0. The van der Waals surface area contributed by atoms with Gasteiger partial charge in [-0.1, -0.05) is 19.9 Å². The molecule has 0 aliphatic heterocycles. The number of anilines is 1. The van der Waals surface area contributed by atoms with E-state index in [0.29, 0.717) is 36.8 Å². The van der Waals surface area contributed by atoms with Crippen LogP contribution in [0.1, 0.15) is 38.1 Å². The Morgan fingerprint density at radius 2 is 1.77 bits per heavy atom. The van der Waals surface area contributed by atoms with E-state index in [1.54, 1.807) is 34.1 Å². The molecule has 0 aliphatic carbocycles. The second-order valence-electron chi connectivity index (χ2n) is 6.64. The first kappa shape index (κ1) is 21.6. The van der Waals surface area contributed by atoms with E-state index in [4.69, 9.17) is 5.73 Å². The molecule has 3 amide bonds. The van der Waals surface area contributed by atoms with Gasteiger partial charge in [-0.05, 0) is 38.0 Å². The van der Waals surface area contributed by atoms with E-state index < -0.39 is 5.91 Å². The lowest BCUT2D eigenvalue weighted by atomic mass is 10.1. The summed E-state index contributed by atoms with van der Waals surface area (Å²) in [5.74, 6) is -0.483. The predicted octanol–water partition coefficient (Wildman–Crippen LogP) is 1.55. The first-order valence-electron chi connectivity index (χ1n) is 8.96. The van der Waals surface area contributed by atoms with Crippen LogP contribution in [0.2, 0.25) is 0 Å². The van der Waals surface area contributed by atoms with E-state index >= 15 is 0 Å². The van der Waals surface area contributed by atoms with Crippen molar-refractivity contribution >= 4 is 23.4 Å². The van der Waals surface area contributed by atoms with E-state index in [1.807, 2.05) is 27.7 Å². The van der Waals surface area contributed by atoms with Gasteiger partial charge in [0.2, 0.25) is 11.8 Å². The van der Waals surface area contributed by atoms with Crippen molar-refractivity contribution in [1.29, 1.82) is 0 Å². The fourth-order valence-electron chi connectivity index (χ4n) is 2.75. The fourth-order valence-corrected chi connectivity index (χ4v) is 2.75. The highest BCUT2D eigenvalue weighted by Crippen LogP contribution is 2.13. The number of hydrogen-bond donors (Lipinski definition) is 2. The lowest BCUT2D eigenvalue weighted by Crippen LogP contribution is -2.41. The number of nitrogens with two attached hydrogens (primary N) is 1. The normalized spacial score (nSPS) is 10.8. The third kappa shape index (κ3) is 7.23. The SMILES string of the molecule is CCN(CC)C(=O)c1cccc(NC(=O)CN(CC(N)=O)CC(C)C)c1. The second kappa shape index (κ2) is 10.6. The van der Waals surface area contributed by atoms with Crippen LogP contribution in [0.15, 0.2) is 24.3 Å². The minimum absolute atomic E-state index is 0.0338. The Kier molecular flexibility index (Phi) is 8.78. The minimum Gasteiger partial charge on any atom is -0.369 e. The topological polar surface area (TPSA) is 95.7 Å². The van der Waals surface area contributed by atoms with E-state index in [2.05, 4.69) is 5.32 Å². The predicted molar refractivity (Wildman–Crippen MR) is 103 cm³/mol. The van der Waals surface area contributed by atoms with E-state index in [1.165, 1.54) is 0 Å². The molecule has 7 nitrogen and oxygen atoms in total. The first-order chi connectivity index (χ1) is 12.3. The zero-order valence-corrected chi connectivity index (χ0v) is 16.1. The van der Waals surface area contributed by atoms with Gasteiger partial charge in [0.25, 0.3) is 5.91 Å². The van der Waals surface area contributed by atoms with E-state index in [9.17, 15) is 14.4 Å². The molecule has 0 radical (unpaired) electrons. The van der Waals surface area contributed by atoms with Crippen LogP contribution in [-0.2, 0) is 9.59 Å². The third-order valence-electron chi connectivity index (χ3n) is 3.81. The molecule has 7 heteroatoms. The largest absolute Gasteiger partial charge is 0.369 e. The van der Waals surface area contributed by atoms with E-state index in [0.717, 1.165) is 0 Å². The molecule has 1 aromatic rings. The molecule has 0 fully saturated rings. The van der Waals surface area contributed by atoms with Crippen molar-refractivity contribution in [3.8, 4) is 0 Å². The van der Waals surface area contributed by atoms with Gasteiger partial charge in [0.1, 0.15) is 0 Å². The highest BCUT2D eigenvalue weighted by molar-refractivity contribution is 5.97. The number of primary amides is 1. The Hall–Kier alpha value is -2.41. The summed E-state index contributed by atoms with van der Waals surface area (Å²) in [5.41, 5.74) is 6.33. The molecule has 1 rings (SSSR count). The van der Waals surface area contributed by atoms with Crippen LogP contribution in [0.5, 0.6) is 0 Å². The van der Waals surface area contributed by atoms with Crippen molar-refractivity contribution in [2.75, 3.05) is 38.0 Å². The van der Waals surface area contributed by atoms with Gasteiger partial charge in [0, 0.05) is 30.9 Å². The van der Waals surface area contributed by atoms with Crippen molar-refractivity contribution in [2.45, 2.75) is 27.7 Å². The van der Waals surface area contributed by atoms with Gasteiger partial charge in [-0.2, -0.15) is 0 Å². The maximum absolute atomic E-state index is 12.4. The van der Waals surface area contributed by atoms with Crippen molar-refractivity contribution < 1.29 is 14.4 Å². The van der Waals surface area contributed by atoms with E-state index in [-0.39, 0.29) is 24.9 Å². The summed E-state index contributed by atoms with van der Waals surface area (Å²) >= 11 is 0. The van der Waals surface area contributed by atoms with Gasteiger partial charge in [-0.3, -0.25) is 19.3 Å². The Morgan fingerprint density at radius 3 is 2.31 bits per heavy atom. The Bertz CT molecular complexity index is 627. The Balaban J connectivity index is 2.78. The van der Waals surface area contributed by atoms with Crippen molar-refractivity contribution in [2.24, 2.45) is 11.7 Å². The molecular formula is C19H30N4O3. The lowest BCUT2D eigenvalue weighted by Gasteiger charge is -2.22. The summed E-state index contributed by atoms with van der Waals surface area (Å²) in [4.78, 5) is 39.3. The average Bonchev–Trinajstić information content (AvgIpc) is 2.54. The highest BCUT2D eigenvalue weighted by atomic mass is 16.2. The van der Waals surface area contributed by atoms with Gasteiger partial charge in [-0.25, -0.2) is 0 Å². The molecule has 26 heavy (non-hydrogen) atoms. The van der Waals surface area contributed by atoms with Gasteiger partial charge in [0.15, 0.2) is 0 Å². The first-order valence-corrected chi connectivity index (χ1v) is 8.96. The molecular weight excluding hydrogens is 332 g/mol. The summed E-state index contributed by atoms with van der Waals surface area (Å²) in [7, 11) is 0. The number of benzene rings is 1. The Labute approximate surface area is 155 Å². The number of nitrogens with zero attached hydrogens (tertiary/aromatic N) is 2. The minimum atomic E-state index is -0.467. The van der Waals surface area contributed by atoms with Gasteiger partial charge >= 0.3 is 0 Å². The molecule has 0 heterocycles. The zero-order chi connectivity index (χ0) is 19.7.